The van der Waals surface area contributed by atoms with Gasteiger partial charge in [0.15, 0.2) is 0 Å². The number of rotatable bonds is 8. The van der Waals surface area contributed by atoms with Gasteiger partial charge in [0.1, 0.15) is 11.6 Å². The van der Waals surface area contributed by atoms with Gasteiger partial charge in [0.2, 0.25) is 21.8 Å². The van der Waals surface area contributed by atoms with E-state index in [1.807, 2.05) is 4.90 Å². The Balaban J connectivity index is 1.32. The number of piperazine rings is 1. The number of hydrogen-bond donors (Lipinski definition) is 3. The van der Waals surface area contributed by atoms with Gasteiger partial charge in [0.05, 0.1) is 10.9 Å². The molecule has 0 spiro atoms. The zero-order valence-corrected chi connectivity index (χ0v) is 19.2. The minimum absolute atomic E-state index is 0.0439. The van der Waals surface area contributed by atoms with Crippen LogP contribution in [-0.2, 0) is 26.2 Å². The molecule has 3 atom stereocenters. The largest absolute Gasteiger partial charge is 0.353 e. The maximum absolute atomic E-state index is 13.1. The Morgan fingerprint density at radius 2 is 1.71 bits per heavy atom. The Morgan fingerprint density at radius 3 is 2.38 bits per heavy atom. The Hall–Kier alpha value is -2.89. The highest BCUT2D eigenvalue weighted by atomic mass is 32.2. The van der Waals surface area contributed by atoms with Gasteiger partial charge >= 0.3 is 0 Å². The van der Waals surface area contributed by atoms with Gasteiger partial charge in [-0.25, -0.2) is 21.9 Å². The highest BCUT2D eigenvalue weighted by Crippen LogP contribution is 2.27. The van der Waals surface area contributed by atoms with Crippen molar-refractivity contribution in [2.75, 3.05) is 13.1 Å². The van der Waals surface area contributed by atoms with E-state index in [0.717, 1.165) is 17.7 Å². The van der Waals surface area contributed by atoms with E-state index in [0.29, 0.717) is 32.5 Å². The smallest absolute Gasteiger partial charge is 0.240 e. The maximum Gasteiger partial charge on any atom is 0.240 e. The number of amides is 2. The lowest BCUT2D eigenvalue weighted by Gasteiger charge is -2.37. The first kappa shape index (κ1) is 24.2. The lowest BCUT2D eigenvalue weighted by Crippen LogP contribution is -2.58. The van der Waals surface area contributed by atoms with Gasteiger partial charge in [-0.1, -0.05) is 12.1 Å². The quantitative estimate of drug-likeness (QED) is 0.515. The van der Waals surface area contributed by atoms with Crippen LogP contribution in [0.4, 0.5) is 8.78 Å². The van der Waals surface area contributed by atoms with E-state index in [2.05, 4.69) is 15.4 Å². The fourth-order valence-electron chi connectivity index (χ4n) is 4.42. The molecule has 2 amide bonds. The molecule has 8 nitrogen and oxygen atoms in total. The summed E-state index contributed by atoms with van der Waals surface area (Å²) in [5, 5.41) is 5.65. The van der Waals surface area contributed by atoms with Crippen molar-refractivity contribution in [3.05, 3.63) is 65.7 Å². The van der Waals surface area contributed by atoms with E-state index in [1.54, 1.807) is 12.1 Å². The molecule has 0 unspecified atom stereocenters. The molecule has 2 aliphatic heterocycles. The number of hydrogen-bond acceptors (Lipinski definition) is 5. The molecule has 2 aliphatic rings. The predicted molar refractivity (Wildman–Crippen MR) is 120 cm³/mol. The van der Waals surface area contributed by atoms with E-state index in [9.17, 15) is 26.8 Å². The molecule has 3 N–H and O–H groups in total. The minimum atomic E-state index is -3.86. The first-order chi connectivity index (χ1) is 16.2. The summed E-state index contributed by atoms with van der Waals surface area (Å²) in [5.74, 6) is -1.20. The molecular weight excluding hydrogens is 466 g/mol. The van der Waals surface area contributed by atoms with Crippen LogP contribution >= 0.6 is 0 Å². The van der Waals surface area contributed by atoms with Crippen LogP contribution in [0.3, 0.4) is 0 Å². The molecule has 11 heteroatoms. The number of carbonyl (C=O) groups excluding carboxylic acids is 2. The highest BCUT2D eigenvalue weighted by molar-refractivity contribution is 7.89. The number of nitrogens with one attached hydrogen (secondary N) is 3. The standard InChI is InChI=1S/C23H26F2N4O4S/c24-16-3-1-15(2-4-16)12-26-22(30)10-7-19-13-27-23(31)21-11-18(14-29(19)21)28-34(32,33)20-8-5-17(25)6-9-20/h1-6,8-9,18-19,21,28H,7,10-14H2,(H,26,30)(H,27,31)/t18-,19+,21-/m0/s1. The van der Waals surface area contributed by atoms with Gasteiger partial charge in [-0.3, -0.25) is 14.5 Å². The highest BCUT2D eigenvalue weighted by Gasteiger charge is 2.44. The van der Waals surface area contributed by atoms with E-state index in [1.165, 1.54) is 24.3 Å². The number of benzene rings is 2. The SMILES string of the molecule is O=C(CC[C@@H]1CNC(=O)[C@@H]2C[C@H](NS(=O)(=O)c3ccc(F)cc3)CN12)NCc1ccc(F)cc1. The van der Waals surface area contributed by atoms with Crippen LogP contribution in [0.2, 0.25) is 0 Å². The fraction of sp³-hybridized carbons (Fsp3) is 0.391. The van der Waals surface area contributed by atoms with E-state index in [4.69, 9.17) is 0 Å². The summed E-state index contributed by atoms with van der Waals surface area (Å²) in [6.45, 7) is 0.998. The Kier molecular flexibility index (Phi) is 7.24. The average Bonchev–Trinajstić information content (AvgIpc) is 3.22. The first-order valence-electron chi connectivity index (χ1n) is 11.0. The first-order valence-corrected chi connectivity index (χ1v) is 12.5. The zero-order valence-electron chi connectivity index (χ0n) is 18.3. The molecule has 0 aromatic heterocycles. The van der Waals surface area contributed by atoms with Gasteiger partial charge in [-0.2, -0.15) is 0 Å². The van der Waals surface area contributed by atoms with Crippen molar-refractivity contribution < 1.29 is 26.8 Å². The average molecular weight is 493 g/mol. The molecule has 2 aromatic rings. The minimum Gasteiger partial charge on any atom is -0.353 e. The van der Waals surface area contributed by atoms with Crippen molar-refractivity contribution >= 4 is 21.8 Å². The summed E-state index contributed by atoms with van der Waals surface area (Å²) in [6, 6.07) is 9.35. The Morgan fingerprint density at radius 1 is 1.06 bits per heavy atom. The maximum atomic E-state index is 13.1. The Labute approximate surface area is 196 Å². The van der Waals surface area contributed by atoms with Crippen LogP contribution in [0.15, 0.2) is 53.4 Å². The molecule has 0 aliphatic carbocycles. The fourth-order valence-corrected chi connectivity index (χ4v) is 5.66. The summed E-state index contributed by atoms with van der Waals surface area (Å²) < 4.78 is 54.1. The number of fused-ring (bicyclic) bond motifs is 1. The lowest BCUT2D eigenvalue weighted by molar-refractivity contribution is -0.129. The van der Waals surface area contributed by atoms with Crippen molar-refractivity contribution in [1.82, 2.24) is 20.3 Å². The molecule has 0 radical (unpaired) electrons. The molecule has 2 heterocycles. The van der Waals surface area contributed by atoms with Crippen LogP contribution in [0.25, 0.3) is 0 Å². The molecule has 0 saturated carbocycles. The molecule has 2 fully saturated rings. The second-order valence-electron chi connectivity index (χ2n) is 8.56. The second kappa shape index (κ2) is 10.2. The van der Waals surface area contributed by atoms with Crippen LogP contribution in [-0.4, -0.2) is 56.3 Å². The third-order valence-corrected chi connectivity index (χ3v) is 7.71. The van der Waals surface area contributed by atoms with Gasteiger partial charge in [-0.15, -0.1) is 0 Å². The number of nitrogens with zero attached hydrogens (tertiary/aromatic N) is 1. The van der Waals surface area contributed by atoms with E-state index < -0.39 is 27.9 Å². The summed E-state index contributed by atoms with van der Waals surface area (Å²) in [5.41, 5.74) is 0.788. The van der Waals surface area contributed by atoms with E-state index >= 15 is 0 Å². The van der Waals surface area contributed by atoms with Crippen LogP contribution in [0.5, 0.6) is 0 Å². The number of halogens is 2. The number of carbonyl (C=O) groups is 2. The summed E-state index contributed by atoms with van der Waals surface area (Å²) in [6.07, 6.45) is 1.03. The molecule has 182 valence electrons. The lowest BCUT2D eigenvalue weighted by atomic mass is 10.0. The van der Waals surface area contributed by atoms with Crippen molar-refractivity contribution in [3.8, 4) is 0 Å². The molecule has 2 saturated heterocycles. The second-order valence-corrected chi connectivity index (χ2v) is 10.3. The molecule has 4 rings (SSSR count). The van der Waals surface area contributed by atoms with Crippen molar-refractivity contribution in [3.63, 3.8) is 0 Å². The van der Waals surface area contributed by atoms with Gasteiger partial charge < -0.3 is 10.6 Å². The van der Waals surface area contributed by atoms with Crippen LogP contribution in [0.1, 0.15) is 24.8 Å². The number of sulfonamides is 1. The summed E-state index contributed by atoms with van der Waals surface area (Å²) in [7, 11) is -3.86. The van der Waals surface area contributed by atoms with Crippen molar-refractivity contribution in [1.29, 1.82) is 0 Å². The van der Waals surface area contributed by atoms with Gasteiger partial charge in [0, 0.05) is 38.1 Å². The predicted octanol–water partition coefficient (Wildman–Crippen LogP) is 1.28. The molecule has 34 heavy (non-hydrogen) atoms. The van der Waals surface area contributed by atoms with Gasteiger partial charge in [0.25, 0.3) is 0 Å². The molecule has 2 aromatic carbocycles. The van der Waals surface area contributed by atoms with Crippen molar-refractivity contribution in [2.45, 2.75) is 48.8 Å². The van der Waals surface area contributed by atoms with Gasteiger partial charge in [-0.05, 0) is 54.8 Å². The van der Waals surface area contributed by atoms with Crippen molar-refractivity contribution in [2.24, 2.45) is 0 Å². The molecular formula is C23H26F2N4O4S. The third kappa shape index (κ3) is 5.78. The van der Waals surface area contributed by atoms with Crippen LogP contribution < -0.4 is 15.4 Å². The zero-order chi connectivity index (χ0) is 24.3. The third-order valence-electron chi connectivity index (χ3n) is 6.18. The van der Waals surface area contributed by atoms with E-state index in [-0.39, 0.29) is 35.0 Å². The molecule has 0 bridgehead atoms. The monoisotopic (exact) mass is 492 g/mol. The normalized spacial score (nSPS) is 22.8. The Bertz CT molecular complexity index is 1140. The summed E-state index contributed by atoms with van der Waals surface area (Å²) in [4.78, 5) is 26.6. The van der Waals surface area contributed by atoms with Crippen LogP contribution in [0, 0.1) is 11.6 Å². The summed E-state index contributed by atoms with van der Waals surface area (Å²) >= 11 is 0. The topological polar surface area (TPSA) is 108 Å².